The lowest BCUT2D eigenvalue weighted by atomic mass is 9.87. The molecule has 0 saturated carbocycles. The highest BCUT2D eigenvalue weighted by Crippen LogP contribution is 2.36. The third kappa shape index (κ3) is 3.95. The van der Waals surface area contributed by atoms with Gasteiger partial charge < -0.3 is 14.8 Å². The van der Waals surface area contributed by atoms with E-state index in [9.17, 15) is 0 Å². The van der Waals surface area contributed by atoms with Crippen LogP contribution in [0.1, 0.15) is 37.7 Å². The van der Waals surface area contributed by atoms with Crippen molar-refractivity contribution in [2.45, 2.75) is 38.1 Å². The normalized spacial score (nSPS) is 19.6. The molecule has 1 heterocycles. The van der Waals surface area contributed by atoms with Gasteiger partial charge in [-0.15, -0.1) is 0 Å². The second-order valence-electron chi connectivity index (χ2n) is 5.21. The number of nitrogens with one attached hydrogen (secondary N) is 1. The molecule has 0 fully saturated rings. The molecule has 1 aromatic carbocycles. The summed E-state index contributed by atoms with van der Waals surface area (Å²) in [5, 5.41) is 3.58. The monoisotopic (exact) mass is 263 g/mol. The lowest BCUT2D eigenvalue weighted by Crippen LogP contribution is -2.36. The Kier molecular flexibility index (Phi) is 5.67. The van der Waals surface area contributed by atoms with Crippen LogP contribution in [0.25, 0.3) is 0 Å². The number of ether oxygens (including phenoxy) is 2. The zero-order valence-corrected chi connectivity index (χ0v) is 12.0. The van der Waals surface area contributed by atoms with Gasteiger partial charge in [0, 0.05) is 13.2 Å². The van der Waals surface area contributed by atoms with Gasteiger partial charge in [0.2, 0.25) is 0 Å². The number of hydrogen-bond donors (Lipinski definition) is 1. The van der Waals surface area contributed by atoms with Crippen molar-refractivity contribution in [2.75, 3.05) is 26.9 Å². The molecular weight excluding hydrogens is 238 g/mol. The Bertz CT molecular complexity index is 381. The molecule has 0 aliphatic carbocycles. The summed E-state index contributed by atoms with van der Waals surface area (Å²) in [6.45, 7) is 4.86. The third-order valence-corrected chi connectivity index (χ3v) is 3.70. The SMILES string of the molecule is CCCNC(COC)CC1CCOc2ccccc21. The van der Waals surface area contributed by atoms with Crippen LogP contribution in [0.3, 0.4) is 0 Å². The van der Waals surface area contributed by atoms with Gasteiger partial charge >= 0.3 is 0 Å². The zero-order chi connectivity index (χ0) is 13.5. The van der Waals surface area contributed by atoms with Crippen LogP contribution in [0.15, 0.2) is 24.3 Å². The summed E-state index contributed by atoms with van der Waals surface area (Å²) in [7, 11) is 1.78. The van der Waals surface area contributed by atoms with Crippen LogP contribution in [-0.4, -0.2) is 32.9 Å². The van der Waals surface area contributed by atoms with E-state index in [0.29, 0.717) is 12.0 Å². The summed E-state index contributed by atoms with van der Waals surface area (Å²) in [5.41, 5.74) is 1.35. The molecule has 1 N–H and O–H groups in total. The van der Waals surface area contributed by atoms with Crippen LogP contribution in [0.2, 0.25) is 0 Å². The van der Waals surface area contributed by atoms with Crippen molar-refractivity contribution in [2.24, 2.45) is 0 Å². The molecule has 0 saturated heterocycles. The Morgan fingerprint density at radius 3 is 3.05 bits per heavy atom. The van der Waals surface area contributed by atoms with Gasteiger partial charge in [0.25, 0.3) is 0 Å². The van der Waals surface area contributed by atoms with Crippen molar-refractivity contribution in [3.8, 4) is 5.75 Å². The number of benzene rings is 1. The molecule has 0 amide bonds. The molecule has 0 radical (unpaired) electrons. The second-order valence-corrected chi connectivity index (χ2v) is 5.21. The van der Waals surface area contributed by atoms with Gasteiger partial charge in [0.1, 0.15) is 5.75 Å². The molecule has 0 bridgehead atoms. The Labute approximate surface area is 116 Å². The van der Waals surface area contributed by atoms with Crippen molar-refractivity contribution in [3.05, 3.63) is 29.8 Å². The van der Waals surface area contributed by atoms with E-state index in [1.807, 2.05) is 6.07 Å². The van der Waals surface area contributed by atoms with Crippen LogP contribution < -0.4 is 10.1 Å². The summed E-state index contributed by atoms with van der Waals surface area (Å²) in [6, 6.07) is 8.85. The van der Waals surface area contributed by atoms with Gasteiger partial charge in [0.05, 0.1) is 13.2 Å². The van der Waals surface area contributed by atoms with Crippen molar-refractivity contribution in [1.82, 2.24) is 5.32 Å². The standard InChI is InChI=1S/C16H25NO2/c1-3-9-17-14(12-18-2)11-13-8-10-19-16-7-5-4-6-15(13)16/h4-7,13-14,17H,3,8-12H2,1-2H3. The maximum atomic E-state index is 5.72. The third-order valence-electron chi connectivity index (χ3n) is 3.70. The average Bonchev–Trinajstić information content (AvgIpc) is 2.45. The van der Waals surface area contributed by atoms with Crippen molar-refractivity contribution in [3.63, 3.8) is 0 Å². The summed E-state index contributed by atoms with van der Waals surface area (Å²) in [6.07, 6.45) is 3.38. The minimum Gasteiger partial charge on any atom is -0.493 e. The molecule has 1 aromatic rings. The van der Waals surface area contributed by atoms with Gasteiger partial charge in [-0.25, -0.2) is 0 Å². The smallest absolute Gasteiger partial charge is 0.122 e. The Morgan fingerprint density at radius 1 is 1.42 bits per heavy atom. The van der Waals surface area contributed by atoms with E-state index in [4.69, 9.17) is 9.47 Å². The number of methoxy groups -OCH3 is 1. The van der Waals surface area contributed by atoms with E-state index in [1.54, 1.807) is 7.11 Å². The first kappa shape index (κ1) is 14.4. The average molecular weight is 263 g/mol. The summed E-state index contributed by atoms with van der Waals surface area (Å²) in [4.78, 5) is 0. The highest BCUT2D eigenvalue weighted by Gasteiger charge is 2.24. The van der Waals surface area contributed by atoms with E-state index < -0.39 is 0 Å². The minimum atomic E-state index is 0.432. The molecule has 1 aliphatic rings. The Balaban J connectivity index is 2.01. The van der Waals surface area contributed by atoms with Gasteiger partial charge in [-0.2, -0.15) is 0 Å². The van der Waals surface area contributed by atoms with Crippen LogP contribution in [0.4, 0.5) is 0 Å². The van der Waals surface area contributed by atoms with Crippen LogP contribution in [-0.2, 0) is 4.74 Å². The molecule has 3 nitrogen and oxygen atoms in total. The van der Waals surface area contributed by atoms with Gasteiger partial charge in [-0.05, 0) is 43.4 Å². The molecule has 1 aliphatic heterocycles. The number of hydrogen-bond acceptors (Lipinski definition) is 3. The first-order valence-electron chi connectivity index (χ1n) is 7.29. The first-order valence-corrected chi connectivity index (χ1v) is 7.29. The van der Waals surface area contributed by atoms with Crippen molar-refractivity contribution in [1.29, 1.82) is 0 Å². The van der Waals surface area contributed by atoms with Crippen LogP contribution in [0.5, 0.6) is 5.75 Å². The number of rotatable bonds is 7. The molecule has 2 rings (SSSR count). The zero-order valence-electron chi connectivity index (χ0n) is 12.0. The largest absolute Gasteiger partial charge is 0.493 e. The topological polar surface area (TPSA) is 30.5 Å². The lowest BCUT2D eigenvalue weighted by Gasteiger charge is -2.29. The van der Waals surface area contributed by atoms with Gasteiger partial charge in [0.15, 0.2) is 0 Å². The predicted molar refractivity (Wildman–Crippen MR) is 77.9 cm³/mol. The quantitative estimate of drug-likeness (QED) is 0.820. The summed E-state index contributed by atoms with van der Waals surface area (Å²) >= 11 is 0. The number of fused-ring (bicyclic) bond motifs is 1. The second kappa shape index (κ2) is 7.51. The van der Waals surface area contributed by atoms with Crippen molar-refractivity contribution < 1.29 is 9.47 Å². The maximum absolute atomic E-state index is 5.72. The van der Waals surface area contributed by atoms with E-state index in [-0.39, 0.29) is 0 Å². The number of para-hydroxylation sites is 1. The van der Waals surface area contributed by atoms with E-state index in [2.05, 4.69) is 30.4 Å². The van der Waals surface area contributed by atoms with Crippen LogP contribution >= 0.6 is 0 Å². The van der Waals surface area contributed by atoms with E-state index in [1.165, 1.54) is 5.56 Å². The predicted octanol–water partition coefficient (Wildman–Crippen LogP) is 2.96. The fraction of sp³-hybridized carbons (Fsp3) is 0.625. The molecule has 0 aromatic heterocycles. The van der Waals surface area contributed by atoms with Crippen LogP contribution in [0, 0.1) is 0 Å². The van der Waals surface area contributed by atoms with Gasteiger partial charge in [-0.1, -0.05) is 25.1 Å². The fourth-order valence-electron chi connectivity index (χ4n) is 2.76. The molecule has 19 heavy (non-hydrogen) atoms. The minimum absolute atomic E-state index is 0.432. The highest BCUT2D eigenvalue weighted by molar-refractivity contribution is 5.37. The first-order chi connectivity index (χ1) is 9.35. The van der Waals surface area contributed by atoms with E-state index in [0.717, 1.165) is 44.8 Å². The summed E-state index contributed by atoms with van der Waals surface area (Å²) in [5.74, 6) is 1.64. The summed E-state index contributed by atoms with van der Waals surface area (Å²) < 4.78 is 11.1. The van der Waals surface area contributed by atoms with E-state index >= 15 is 0 Å². The molecule has 2 atom stereocenters. The molecular formula is C16H25NO2. The molecule has 106 valence electrons. The fourth-order valence-corrected chi connectivity index (χ4v) is 2.76. The Hall–Kier alpha value is -1.06. The Morgan fingerprint density at radius 2 is 2.26 bits per heavy atom. The highest BCUT2D eigenvalue weighted by atomic mass is 16.5. The lowest BCUT2D eigenvalue weighted by molar-refractivity contribution is 0.154. The molecule has 0 spiro atoms. The van der Waals surface area contributed by atoms with Gasteiger partial charge in [-0.3, -0.25) is 0 Å². The molecule has 3 heteroatoms. The molecule has 2 unspecified atom stereocenters. The van der Waals surface area contributed by atoms with Crippen molar-refractivity contribution >= 4 is 0 Å². The maximum Gasteiger partial charge on any atom is 0.122 e.